The summed E-state index contributed by atoms with van der Waals surface area (Å²) in [7, 11) is 0. The summed E-state index contributed by atoms with van der Waals surface area (Å²) in [6, 6.07) is 8.47. The standard InChI is InChI=1S/C30H44N4O6/c1-21-20-30-24(23(29(21,2)40-30)26(36)32-22-10-6-5-7-11-22)28(38)34(13-8-3-4-9-17-35)25(30)27(37)31-12-14-33-15-18-39-19-16-33/h5-7,10-11,21,23-25,35H,3-4,8-9,12-20H2,1-2H3,(H,31,37)(H,32,36)/t21?,23-,24-,25?,29+,30?/m0/s1. The van der Waals surface area contributed by atoms with E-state index < -0.39 is 29.1 Å². The molecule has 0 radical (unpaired) electrons. The number of carbonyl (C=O) groups is 3. The molecule has 4 heterocycles. The summed E-state index contributed by atoms with van der Waals surface area (Å²) in [6.07, 6.45) is 3.70. The third-order valence-corrected chi connectivity index (χ3v) is 9.52. The number of hydrogen-bond donors (Lipinski definition) is 3. The van der Waals surface area contributed by atoms with Crippen molar-refractivity contribution in [2.75, 3.05) is 57.9 Å². The number of nitrogens with zero attached hydrogens (tertiary/aromatic N) is 2. The highest BCUT2D eigenvalue weighted by molar-refractivity contribution is 6.02. The number of morpholine rings is 1. The zero-order valence-corrected chi connectivity index (χ0v) is 23.8. The SMILES string of the molecule is CC1CC23O[C@@]1(C)[C@H](C(=O)Nc1ccccc1)[C@H]2C(=O)N(CCCCCCO)C3C(=O)NCCN1CCOCC1. The molecular formula is C30H44N4O6. The molecule has 1 aromatic carbocycles. The topological polar surface area (TPSA) is 120 Å². The quantitative estimate of drug-likeness (QED) is 0.335. The molecule has 4 aliphatic heterocycles. The van der Waals surface area contributed by atoms with Gasteiger partial charge in [-0.05, 0) is 44.2 Å². The number of rotatable bonds is 12. The smallest absolute Gasteiger partial charge is 0.245 e. The Morgan fingerprint density at radius 2 is 1.77 bits per heavy atom. The van der Waals surface area contributed by atoms with Gasteiger partial charge in [0.15, 0.2) is 0 Å². The van der Waals surface area contributed by atoms with Crippen LogP contribution in [0.25, 0.3) is 0 Å². The van der Waals surface area contributed by atoms with E-state index in [2.05, 4.69) is 22.5 Å². The molecule has 2 bridgehead atoms. The van der Waals surface area contributed by atoms with E-state index in [-0.39, 0.29) is 30.2 Å². The molecule has 3 amide bonds. The third kappa shape index (κ3) is 5.26. The second-order valence-corrected chi connectivity index (χ2v) is 12.0. The molecule has 0 aliphatic carbocycles. The number of benzene rings is 1. The van der Waals surface area contributed by atoms with Crippen molar-refractivity contribution in [3.05, 3.63) is 30.3 Å². The number of hydrogen-bond acceptors (Lipinski definition) is 7. The minimum absolute atomic E-state index is 0.00349. The number of anilines is 1. The minimum Gasteiger partial charge on any atom is -0.396 e. The van der Waals surface area contributed by atoms with E-state index in [1.807, 2.05) is 37.3 Å². The molecule has 0 saturated carbocycles. The van der Waals surface area contributed by atoms with Gasteiger partial charge in [0.05, 0.1) is 30.7 Å². The van der Waals surface area contributed by atoms with Crippen LogP contribution in [0.5, 0.6) is 0 Å². The van der Waals surface area contributed by atoms with Gasteiger partial charge in [-0.3, -0.25) is 19.3 Å². The van der Waals surface area contributed by atoms with Gasteiger partial charge in [0.25, 0.3) is 0 Å². The van der Waals surface area contributed by atoms with Gasteiger partial charge in [0, 0.05) is 45.0 Å². The fourth-order valence-corrected chi connectivity index (χ4v) is 7.43. The zero-order chi connectivity index (χ0) is 28.3. The first-order chi connectivity index (χ1) is 19.3. The summed E-state index contributed by atoms with van der Waals surface area (Å²) in [4.78, 5) is 45.8. The van der Waals surface area contributed by atoms with Crippen molar-refractivity contribution < 1.29 is 29.0 Å². The summed E-state index contributed by atoms with van der Waals surface area (Å²) >= 11 is 0. The second kappa shape index (κ2) is 12.1. The van der Waals surface area contributed by atoms with Crippen LogP contribution in [0, 0.1) is 17.8 Å². The highest BCUT2D eigenvalue weighted by Crippen LogP contribution is 2.65. The molecule has 220 valence electrons. The molecule has 40 heavy (non-hydrogen) atoms. The third-order valence-electron chi connectivity index (χ3n) is 9.52. The Hall–Kier alpha value is -2.53. The monoisotopic (exact) mass is 556 g/mol. The maximum absolute atomic E-state index is 14.2. The summed E-state index contributed by atoms with van der Waals surface area (Å²) in [6.45, 7) is 8.79. The molecule has 10 nitrogen and oxygen atoms in total. The molecule has 0 aromatic heterocycles. The van der Waals surface area contributed by atoms with E-state index in [0.29, 0.717) is 51.4 Å². The van der Waals surface area contributed by atoms with Crippen molar-refractivity contribution in [2.24, 2.45) is 17.8 Å². The van der Waals surface area contributed by atoms with Crippen molar-refractivity contribution in [1.82, 2.24) is 15.1 Å². The van der Waals surface area contributed by atoms with Crippen LogP contribution in [-0.4, -0.2) is 102 Å². The van der Waals surface area contributed by atoms with Crippen molar-refractivity contribution in [2.45, 2.75) is 63.2 Å². The molecule has 1 spiro atoms. The Morgan fingerprint density at radius 3 is 2.50 bits per heavy atom. The molecular weight excluding hydrogens is 512 g/mol. The van der Waals surface area contributed by atoms with E-state index in [0.717, 1.165) is 32.4 Å². The fourth-order valence-electron chi connectivity index (χ4n) is 7.43. The fraction of sp³-hybridized carbons (Fsp3) is 0.700. The molecule has 3 unspecified atom stereocenters. The van der Waals surface area contributed by atoms with Crippen LogP contribution in [-0.2, 0) is 23.9 Å². The van der Waals surface area contributed by atoms with Crippen LogP contribution in [0.15, 0.2) is 30.3 Å². The number of fused-ring (bicyclic) bond motifs is 1. The van der Waals surface area contributed by atoms with Crippen LogP contribution in [0.3, 0.4) is 0 Å². The molecule has 4 saturated heterocycles. The molecule has 6 atom stereocenters. The predicted molar refractivity (Wildman–Crippen MR) is 149 cm³/mol. The Balaban J connectivity index is 1.38. The summed E-state index contributed by atoms with van der Waals surface area (Å²) in [5.41, 5.74) is -1.22. The van der Waals surface area contributed by atoms with E-state index >= 15 is 0 Å². The highest BCUT2D eigenvalue weighted by atomic mass is 16.5. The molecule has 4 fully saturated rings. The summed E-state index contributed by atoms with van der Waals surface area (Å²) in [5.74, 6) is -2.04. The van der Waals surface area contributed by atoms with E-state index in [1.54, 1.807) is 4.90 Å². The number of carbonyl (C=O) groups excluding carboxylic acids is 3. The number of aliphatic hydroxyl groups is 1. The number of unbranched alkanes of at least 4 members (excludes halogenated alkanes) is 3. The lowest BCUT2D eigenvalue weighted by Gasteiger charge is -2.36. The van der Waals surface area contributed by atoms with E-state index in [4.69, 9.17) is 14.6 Å². The lowest BCUT2D eigenvalue weighted by atomic mass is 9.62. The Morgan fingerprint density at radius 1 is 1.05 bits per heavy atom. The van der Waals surface area contributed by atoms with Crippen LogP contribution >= 0.6 is 0 Å². The number of ether oxygens (including phenoxy) is 2. The van der Waals surface area contributed by atoms with Gasteiger partial charge in [-0.15, -0.1) is 0 Å². The van der Waals surface area contributed by atoms with Crippen molar-refractivity contribution in [1.29, 1.82) is 0 Å². The van der Waals surface area contributed by atoms with Gasteiger partial charge >= 0.3 is 0 Å². The first kappa shape index (κ1) is 29.0. The van der Waals surface area contributed by atoms with Crippen molar-refractivity contribution >= 4 is 23.4 Å². The number of para-hydroxylation sites is 1. The average Bonchev–Trinajstić information content (AvgIpc) is 3.46. The van der Waals surface area contributed by atoms with Gasteiger partial charge in [-0.25, -0.2) is 0 Å². The van der Waals surface area contributed by atoms with Crippen LogP contribution in [0.1, 0.15) is 46.0 Å². The maximum Gasteiger partial charge on any atom is 0.245 e. The average molecular weight is 557 g/mol. The molecule has 3 N–H and O–H groups in total. The first-order valence-corrected chi connectivity index (χ1v) is 14.9. The van der Waals surface area contributed by atoms with E-state index in [9.17, 15) is 14.4 Å². The van der Waals surface area contributed by atoms with Gasteiger partial charge in [-0.1, -0.05) is 38.0 Å². The largest absolute Gasteiger partial charge is 0.396 e. The normalized spacial score (nSPS) is 33.3. The number of aliphatic hydroxyl groups excluding tert-OH is 1. The zero-order valence-electron chi connectivity index (χ0n) is 23.8. The van der Waals surface area contributed by atoms with Crippen molar-refractivity contribution in [3.63, 3.8) is 0 Å². The molecule has 10 heteroatoms. The number of nitrogens with one attached hydrogen (secondary N) is 2. The highest BCUT2D eigenvalue weighted by Gasteiger charge is 2.79. The lowest BCUT2D eigenvalue weighted by Crippen LogP contribution is -2.56. The number of likely N-dealkylation sites (tertiary alicyclic amines) is 1. The van der Waals surface area contributed by atoms with Crippen LogP contribution in [0.4, 0.5) is 5.69 Å². The van der Waals surface area contributed by atoms with Crippen LogP contribution < -0.4 is 10.6 Å². The van der Waals surface area contributed by atoms with E-state index in [1.165, 1.54) is 0 Å². The van der Waals surface area contributed by atoms with Gasteiger partial charge < -0.3 is 30.1 Å². The molecule has 1 aromatic rings. The number of amides is 3. The van der Waals surface area contributed by atoms with Crippen molar-refractivity contribution in [3.8, 4) is 0 Å². The summed E-state index contributed by atoms with van der Waals surface area (Å²) < 4.78 is 12.2. The molecule has 5 rings (SSSR count). The summed E-state index contributed by atoms with van der Waals surface area (Å²) in [5, 5.41) is 15.3. The van der Waals surface area contributed by atoms with Crippen LogP contribution in [0.2, 0.25) is 0 Å². The van der Waals surface area contributed by atoms with Gasteiger partial charge in [0.2, 0.25) is 17.7 Å². The predicted octanol–water partition coefficient (Wildman–Crippen LogP) is 1.64. The molecule has 4 aliphatic rings. The lowest BCUT2D eigenvalue weighted by molar-refractivity contribution is -0.146. The minimum atomic E-state index is -1.04. The Labute approximate surface area is 236 Å². The maximum atomic E-state index is 14.2. The Kier molecular flexibility index (Phi) is 8.80. The Bertz CT molecular complexity index is 1070. The van der Waals surface area contributed by atoms with Gasteiger partial charge in [-0.2, -0.15) is 0 Å². The second-order valence-electron chi connectivity index (χ2n) is 12.0. The first-order valence-electron chi connectivity index (χ1n) is 14.9. The van der Waals surface area contributed by atoms with Gasteiger partial charge in [0.1, 0.15) is 11.6 Å².